The second-order valence-electron chi connectivity index (χ2n) is 9.80. The van der Waals surface area contributed by atoms with Crippen molar-refractivity contribution < 1.29 is 9.59 Å². The van der Waals surface area contributed by atoms with Crippen molar-refractivity contribution in [1.82, 2.24) is 30.1 Å². The fraction of sp³-hybridized carbons (Fsp3) is 0.172. The zero-order valence-electron chi connectivity index (χ0n) is 21.0. The molecule has 3 N–H and O–H groups in total. The zero-order valence-corrected chi connectivity index (χ0v) is 21.8. The van der Waals surface area contributed by atoms with Crippen molar-refractivity contribution in [2.45, 2.75) is 26.2 Å². The van der Waals surface area contributed by atoms with E-state index in [0.717, 1.165) is 62.8 Å². The number of thiophene rings is 1. The minimum Gasteiger partial charge on any atom is -0.335 e. The zero-order chi connectivity index (χ0) is 26.5. The van der Waals surface area contributed by atoms with Crippen LogP contribution < -0.4 is 5.32 Å². The summed E-state index contributed by atoms with van der Waals surface area (Å²) < 4.78 is 0. The third-order valence-corrected chi connectivity index (χ3v) is 8.43. The molecule has 0 saturated heterocycles. The predicted octanol–water partition coefficient (Wildman–Crippen LogP) is 6.23. The van der Waals surface area contributed by atoms with Crippen molar-refractivity contribution in [2.75, 3.05) is 5.32 Å². The van der Waals surface area contributed by atoms with E-state index in [2.05, 4.69) is 30.5 Å². The van der Waals surface area contributed by atoms with E-state index in [1.807, 2.05) is 36.4 Å². The maximum atomic E-state index is 12.4. The average Bonchev–Trinajstić information content (AvgIpc) is 3.65. The Labute approximate surface area is 226 Å². The Morgan fingerprint density at radius 1 is 0.974 bits per heavy atom. The molecular formula is C29H23N7O2S. The molecule has 0 atom stereocenters. The molecule has 39 heavy (non-hydrogen) atoms. The highest BCUT2D eigenvalue weighted by molar-refractivity contribution is 7.17. The van der Waals surface area contributed by atoms with Crippen molar-refractivity contribution in [1.29, 1.82) is 0 Å². The number of imidazole rings is 1. The number of pyridine rings is 2. The molecule has 7 rings (SSSR count). The number of H-pyrrole nitrogens is 2. The first-order chi connectivity index (χ1) is 19.0. The number of aromatic amines is 2. The van der Waals surface area contributed by atoms with Crippen LogP contribution in [0.5, 0.6) is 0 Å². The van der Waals surface area contributed by atoms with Gasteiger partial charge in [-0.05, 0) is 55.7 Å². The monoisotopic (exact) mass is 533 g/mol. The van der Waals surface area contributed by atoms with E-state index in [-0.39, 0.29) is 17.6 Å². The molecule has 5 heterocycles. The molecule has 9 nitrogen and oxygen atoms in total. The lowest BCUT2D eigenvalue weighted by atomic mass is 9.85. The molecule has 0 spiro atoms. The van der Waals surface area contributed by atoms with Gasteiger partial charge in [-0.15, -0.1) is 11.3 Å². The van der Waals surface area contributed by atoms with Crippen molar-refractivity contribution in [3.05, 3.63) is 66.1 Å². The number of rotatable bonds is 6. The summed E-state index contributed by atoms with van der Waals surface area (Å²) in [5.74, 6) is 0.820. The second kappa shape index (κ2) is 9.25. The summed E-state index contributed by atoms with van der Waals surface area (Å²) >= 11 is 1.43. The normalized spacial score (nSPS) is 13.6. The van der Waals surface area contributed by atoms with Gasteiger partial charge in [0.25, 0.3) is 0 Å². The molecule has 10 heteroatoms. The van der Waals surface area contributed by atoms with Crippen LogP contribution in [0, 0.1) is 5.92 Å². The molecule has 5 aromatic heterocycles. The third kappa shape index (κ3) is 4.18. The predicted molar refractivity (Wildman–Crippen MR) is 151 cm³/mol. The highest BCUT2D eigenvalue weighted by Gasteiger charge is 2.25. The number of amides is 1. The van der Waals surface area contributed by atoms with Crippen LogP contribution in [0.1, 0.15) is 35.9 Å². The molecule has 6 aromatic rings. The van der Waals surface area contributed by atoms with Gasteiger partial charge in [-0.1, -0.05) is 12.5 Å². The molecule has 1 amide bonds. The quantitative estimate of drug-likeness (QED) is 0.218. The molecule has 1 fully saturated rings. The lowest BCUT2D eigenvalue weighted by molar-refractivity contribution is -0.122. The van der Waals surface area contributed by atoms with E-state index in [0.29, 0.717) is 22.1 Å². The number of ketones is 1. The summed E-state index contributed by atoms with van der Waals surface area (Å²) in [6, 6.07) is 11.7. The molecule has 192 valence electrons. The van der Waals surface area contributed by atoms with Gasteiger partial charge in [0.2, 0.25) is 5.91 Å². The minimum absolute atomic E-state index is 0.0365. The van der Waals surface area contributed by atoms with E-state index in [1.54, 1.807) is 31.7 Å². The number of aromatic nitrogens is 6. The number of hydrogen-bond acceptors (Lipinski definition) is 7. The number of anilines is 1. The highest BCUT2D eigenvalue weighted by atomic mass is 32.1. The minimum atomic E-state index is 0.0365. The number of carbonyl (C=O) groups excluding carboxylic acids is 2. The number of Topliss-reactive ketones (excluding diaryl/α,β-unsaturated/α-hetero) is 1. The molecule has 0 radical (unpaired) electrons. The van der Waals surface area contributed by atoms with Crippen molar-refractivity contribution >= 4 is 50.7 Å². The maximum Gasteiger partial charge on any atom is 0.227 e. The Morgan fingerprint density at radius 3 is 2.64 bits per heavy atom. The lowest BCUT2D eigenvalue weighted by Gasteiger charge is -2.24. The van der Waals surface area contributed by atoms with Gasteiger partial charge in [0.1, 0.15) is 11.2 Å². The molecule has 1 aliphatic rings. The van der Waals surface area contributed by atoms with Gasteiger partial charge in [0.15, 0.2) is 11.6 Å². The van der Waals surface area contributed by atoms with Crippen LogP contribution in [-0.2, 0) is 4.79 Å². The molecule has 0 unspecified atom stereocenters. The van der Waals surface area contributed by atoms with Gasteiger partial charge in [-0.3, -0.25) is 24.7 Å². The number of benzene rings is 1. The summed E-state index contributed by atoms with van der Waals surface area (Å²) in [5.41, 5.74) is 6.51. The van der Waals surface area contributed by atoms with Crippen LogP contribution in [0.4, 0.5) is 5.69 Å². The largest absolute Gasteiger partial charge is 0.335 e. The number of hydrogen-bond donors (Lipinski definition) is 3. The molecule has 0 aliphatic heterocycles. The Bertz CT molecular complexity index is 1900. The Balaban J connectivity index is 1.25. The van der Waals surface area contributed by atoms with E-state index in [4.69, 9.17) is 4.98 Å². The second-order valence-corrected chi connectivity index (χ2v) is 10.9. The standard InChI is InChI=1S/C29H23N7O2S/c1-15(37)24-7-8-25(39-24)21-13-31-14-23-26(21)34-28(33-23)27-20-10-17(5-6-22(20)35-36-27)18-9-19(12-30-11-18)32-29(38)16-3-2-4-16/h5-14,16H,2-4H2,1H3,(H,32,38)(H,33,34)(H,35,36). The van der Waals surface area contributed by atoms with Crippen LogP contribution in [-0.4, -0.2) is 41.8 Å². The Morgan fingerprint density at radius 2 is 1.85 bits per heavy atom. The van der Waals surface area contributed by atoms with Crippen LogP contribution in [0.3, 0.4) is 0 Å². The molecular weight excluding hydrogens is 510 g/mol. The van der Waals surface area contributed by atoms with Crippen LogP contribution >= 0.6 is 11.3 Å². The Hall–Kier alpha value is -4.70. The average molecular weight is 534 g/mol. The fourth-order valence-electron chi connectivity index (χ4n) is 4.85. The first-order valence-corrected chi connectivity index (χ1v) is 13.5. The SMILES string of the molecule is CC(=O)c1ccc(-c2cncc3[nH]c(-c4n[nH]c5ccc(-c6cncc(NC(=O)C7CCC7)c6)cc45)nc23)s1. The van der Waals surface area contributed by atoms with Gasteiger partial charge in [-0.2, -0.15) is 5.10 Å². The number of nitrogens with zero attached hydrogens (tertiary/aromatic N) is 4. The van der Waals surface area contributed by atoms with Crippen LogP contribution in [0.2, 0.25) is 0 Å². The van der Waals surface area contributed by atoms with Crippen molar-refractivity contribution in [2.24, 2.45) is 5.92 Å². The topological polar surface area (TPSA) is 129 Å². The van der Waals surface area contributed by atoms with Crippen LogP contribution in [0.15, 0.2) is 61.2 Å². The van der Waals surface area contributed by atoms with Gasteiger partial charge in [0, 0.05) is 39.7 Å². The molecule has 1 saturated carbocycles. The van der Waals surface area contributed by atoms with Gasteiger partial charge in [-0.25, -0.2) is 4.98 Å². The van der Waals surface area contributed by atoms with E-state index in [1.165, 1.54) is 11.3 Å². The molecule has 1 aromatic carbocycles. The first kappa shape index (κ1) is 23.4. The third-order valence-electron chi connectivity index (χ3n) is 7.21. The molecule has 1 aliphatic carbocycles. The van der Waals surface area contributed by atoms with E-state index < -0.39 is 0 Å². The summed E-state index contributed by atoms with van der Waals surface area (Å²) in [4.78, 5) is 42.9. The van der Waals surface area contributed by atoms with Gasteiger partial charge in [0.05, 0.1) is 34.0 Å². The van der Waals surface area contributed by atoms with Crippen molar-refractivity contribution in [3.8, 4) is 33.1 Å². The van der Waals surface area contributed by atoms with E-state index in [9.17, 15) is 9.59 Å². The van der Waals surface area contributed by atoms with Crippen LogP contribution in [0.25, 0.3) is 55.0 Å². The number of nitrogens with one attached hydrogen (secondary N) is 3. The summed E-state index contributed by atoms with van der Waals surface area (Å²) in [6.07, 6.45) is 9.99. The van der Waals surface area contributed by atoms with Gasteiger partial charge >= 0.3 is 0 Å². The summed E-state index contributed by atoms with van der Waals surface area (Å²) in [6.45, 7) is 1.57. The summed E-state index contributed by atoms with van der Waals surface area (Å²) in [5, 5.41) is 11.6. The van der Waals surface area contributed by atoms with Gasteiger partial charge < -0.3 is 10.3 Å². The number of carbonyl (C=O) groups is 2. The summed E-state index contributed by atoms with van der Waals surface area (Å²) in [7, 11) is 0. The van der Waals surface area contributed by atoms with Crippen molar-refractivity contribution in [3.63, 3.8) is 0 Å². The first-order valence-electron chi connectivity index (χ1n) is 12.7. The number of fused-ring (bicyclic) bond motifs is 2. The lowest BCUT2D eigenvalue weighted by Crippen LogP contribution is -2.28. The fourth-order valence-corrected chi connectivity index (χ4v) is 5.76. The maximum absolute atomic E-state index is 12.4. The molecule has 0 bridgehead atoms. The Kier molecular flexibility index (Phi) is 5.55. The highest BCUT2D eigenvalue weighted by Crippen LogP contribution is 2.35. The van der Waals surface area contributed by atoms with E-state index >= 15 is 0 Å². The smallest absolute Gasteiger partial charge is 0.227 e.